The lowest BCUT2D eigenvalue weighted by Crippen LogP contribution is -2.36. The van der Waals surface area contributed by atoms with Gasteiger partial charge in [-0.2, -0.15) is 5.26 Å². The Morgan fingerprint density at radius 3 is 2.05 bits per heavy atom. The van der Waals surface area contributed by atoms with Gasteiger partial charge in [-0.05, 0) is 49.3 Å². The van der Waals surface area contributed by atoms with Gasteiger partial charge in [0.05, 0.1) is 11.6 Å². The Balaban J connectivity index is 1.72. The molecule has 104 valence electrons. The Morgan fingerprint density at radius 2 is 1.57 bits per heavy atom. The number of nitriles is 1. The molecule has 0 aliphatic carbocycles. The summed E-state index contributed by atoms with van der Waals surface area (Å²) in [5, 5.41) is 8.77. The van der Waals surface area contributed by atoms with Crippen LogP contribution in [0.2, 0.25) is 0 Å². The lowest BCUT2D eigenvalue weighted by Gasteiger charge is -2.30. The highest BCUT2D eigenvalue weighted by molar-refractivity contribution is 6.09. The normalized spacial score (nSPS) is 14.2. The van der Waals surface area contributed by atoms with Gasteiger partial charge in [-0.15, -0.1) is 0 Å². The number of likely N-dealkylation sites (tertiary alicyclic amines) is 1. The summed E-state index contributed by atoms with van der Waals surface area (Å²) in [6, 6.07) is 16.6. The van der Waals surface area contributed by atoms with Crippen molar-refractivity contribution in [2.24, 2.45) is 0 Å². The first-order valence-corrected chi connectivity index (χ1v) is 7.12. The van der Waals surface area contributed by atoms with E-state index in [-0.39, 0.29) is 5.78 Å². The van der Waals surface area contributed by atoms with Crippen LogP contribution in [0.1, 0.15) is 33.5 Å². The van der Waals surface area contributed by atoms with Crippen LogP contribution in [0.3, 0.4) is 0 Å². The van der Waals surface area contributed by atoms with E-state index in [9.17, 15) is 4.79 Å². The summed E-state index contributed by atoms with van der Waals surface area (Å²) >= 11 is 0. The molecule has 0 atom stereocenters. The van der Waals surface area contributed by atoms with Crippen LogP contribution in [0.4, 0.5) is 0 Å². The molecule has 0 aromatic heterocycles. The summed E-state index contributed by atoms with van der Waals surface area (Å²) < 4.78 is 0. The minimum atomic E-state index is -0.00464. The fraction of sp³-hybridized carbons (Fsp3) is 0.222. The fourth-order valence-corrected chi connectivity index (χ4v) is 2.42. The minimum Gasteiger partial charge on any atom is -0.299 e. The Morgan fingerprint density at radius 1 is 1.00 bits per heavy atom. The SMILES string of the molecule is N#Cc1ccc(C(=O)c2ccc(CN3CCC3)cc2)cc1. The first-order valence-electron chi connectivity index (χ1n) is 7.12. The van der Waals surface area contributed by atoms with Gasteiger partial charge >= 0.3 is 0 Å². The smallest absolute Gasteiger partial charge is 0.193 e. The zero-order valence-corrected chi connectivity index (χ0v) is 11.7. The van der Waals surface area contributed by atoms with E-state index in [2.05, 4.69) is 11.0 Å². The third kappa shape index (κ3) is 3.01. The third-order valence-electron chi connectivity index (χ3n) is 3.85. The van der Waals surface area contributed by atoms with Gasteiger partial charge in [-0.1, -0.05) is 24.3 Å². The predicted molar refractivity (Wildman–Crippen MR) is 80.9 cm³/mol. The first-order chi connectivity index (χ1) is 10.3. The van der Waals surface area contributed by atoms with E-state index in [4.69, 9.17) is 5.26 Å². The van der Waals surface area contributed by atoms with Crippen molar-refractivity contribution in [3.63, 3.8) is 0 Å². The Hall–Kier alpha value is -2.44. The number of benzene rings is 2. The van der Waals surface area contributed by atoms with E-state index >= 15 is 0 Å². The Bertz CT molecular complexity index is 677. The van der Waals surface area contributed by atoms with Crippen LogP contribution in [0.25, 0.3) is 0 Å². The van der Waals surface area contributed by atoms with Crippen molar-refractivity contribution in [1.29, 1.82) is 5.26 Å². The maximum Gasteiger partial charge on any atom is 0.193 e. The van der Waals surface area contributed by atoms with Crippen LogP contribution in [-0.2, 0) is 6.54 Å². The number of hydrogen-bond donors (Lipinski definition) is 0. The molecular weight excluding hydrogens is 260 g/mol. The van der Waals surface area contributed by atoms with E-state index in [0.717, 1.165) is 6.54 Å². The first kappa shape index (κ1) is 13.5. The molecule has 3 heteroatoms. The summed E-state index contributed by atoms with van der Waals surface area (Å²) in [7, 11) is 0. The lowest BCUT2D eigenvalue weighted by molar-refractivity contribution is 0.103. The van der Waals surface area contributed by atoms with Gasteiger partial charge < -0.3 is 0 Å². The second-order valence-corrected chi connectivity index (χ2v) is 5.34. The second kappa shape index (κ2) is 5.90. The maximum atomic E-state index is 12.4. The van der Waals surface area contributed by atoms with Gasteiger partial charge in [0.15, 0.2) is 5.78 Å². The number of carbonyl (C=O) groups is 1. The van der Waals surface area contributed by atoms with Crippen molar-refractivity contribution in [3.8, 4) is 6.07 Å². The van der Waals surface area contributed by atoms with E-state index < -0.39 is 0 Å². The van der Waals surface area contributed by atoms with Crippen LogP contribution in [-0.4, -0.2) is 23.8 Å². The van der Waals surface area contributed by atoms with E-state index in [1.54, 1.807) is 24.3 Å². The molecule has 1 saturated heterocycles. The monoisotopic (exact) mass is 276 g/mol. The van der Waals surface area contributed by atoms with E-state index in [0.29, 0.717) is 16.7 Å². The van der Waals surface area contributed by atoms with Gasteiger partial charge in [-0.25, -0.2) is 0 Å². The topological polar surface area (TPSA) is 44.1 Å². The van der Waals surface area contributed by atoms with Crippen molar-refractivity contribution in [2.75, 3.05) is 13.1 Å². The quantitative estimate of drug-likeness (QED) is 0.806. The molecule has 0 unspecified atom stereocenters. The van der Waals surface area contributed by atoms with Crippen molar-refractivity contribution in [3.05, 3.63) is 70.8 Å². The van der Waals surface area contributed by atoms with Crippen LogP contribution in [0, 0.1) is 11.3 Å². The minimum absolute atomic E-state index is 0.00464. The Kier molecular flexibility index (Phi) is 3.81. The molecule has 1 aliphatic rings. The fourth-order valence-electron chi connectivity index (χ4n) is 2.42. The van der Waals surface area contributed by atoms with Gasteiger partial charge in [0, 0.05) is 17.7 Å². The number of ketones is 1. The molecule has 3 rings (SSSR count). The molecule has 3 nitrogen and oxygen atoms in total. The molecule has 0 radical (unpaired) electrons. The highest BCUT2D eigenvalue weighted by atomic mass is 16.1. The molecule has 2 aromatic rings. The van der Waals surface area contributed by atoms with Crippen LogP contribution >= 0.6 is 0 Å². The van der Waals surface area contributed by atoms with Gasteiger partial charge in [0.2, 0.25) is 0 Å². The van der Waals surface area contributed by atoms with Crippen molar-refractivity contribution in [1.82, 2.24) is 4.90 Å². The standard InChI is InChI=1S/C18H16N2O/c19-12-14-2-6-16(7-3-14)18(21)17-8-4-15(5-9-17)13-20-10-1-11-20/h2-9H,1,10-11,13H2. The zero-order chi connectivity index (χ0) is 14.7. The molecule has 0 spiro atoms. The number of rotatable bonds is 4. The summed E-state index contributed by atoms with van der Waals surface area (Å²) in [6.45, 7) is 3.31. The van der Waals surface area contributed by atoms with E-state index in [1.165, 1.54) is 25.1 Å². The molecule has 1 heterocycles. The molecule has 0 bridgehead atoms. The molecule has 0 N–H and O–H groups in total. The second-order valence-electron chi connectivity index (χ2n) is 5.34. The Labute approximate surface area is 124 Å². The largest absolute Gasteiger partial charge is 0.299 e. The van der Waals surface area contributed by atoms with Crippen LogP contribution in [0.15, 0.2) is 48.5 Å². The van der Waals surface area contributed by atoms with Crippen molar-refractivity contribution < 1.29 is 4.79 Å². The third-order valence-corrected chi connectivity index (χ3v) is 3.85. The van der Waals surface area contributed by atoms with Crippen molar-refractivity contribution >= 4 is 5.78 Å². The number of carbonyl (C=O) groups excluding carboxylic acids is 1. The molecule has 2 aromatic carbocycles. The van der Waals surface area contributed by atoms with E-state index in [1.807, 2.05) is 24.3 Å². The van der Waals surface area contributed by atoms with Crippen LogP contribution < -0.4 is 0 Å². The molecule has 21 heavy (non-hydrogen) atoms. The van der Waals surface area contributed by atoms with Gasteiger partial charge in [0.25, 0.3) is 0 Å². The predicted octanol–water partition coefficient (Wildman–Crippen LogP) is 2.99. The molecule has 0 saturated carbocycles. The summed E-state index contributed by atoms with van der Waals surface area (Å²) in [5.41, 5.74) is 3.11. The van der Waals surface area contributed by atoms with Gasteiger partial charge in [-0.3, -0.25) is 9.69 Å². The molecule has 1 fully saturated rings. The highest BCUT2D eigenvalue weighted by Crippen LogP contribution is 2.15. The maximum absolute atomic E-state index is 12.4. The van der Waals surface area contributed by atoms with Gasteiger partial charge in [0.1, 0.15) is 0 Å². The van der Waals surface area contributed by atoms with Crippen molar-refractivity contribution in [2.45, 2.75) is 13.0 Å². The summed E-state index contributed by atoms with van der Waals surface area (Å²) in [6.07, 6.45) is 1.29. The number of nitrogens with zero attached hydrogens (tertiary/aromatic N) is 2. The lowest BCUT2D eigenvalue weighted by atomic mass is 10.0. The zero-order valence-electron chi connectivity index (χ0n) is 11.7. The molecule has 0 amide bonds. The highest BCUT2D eigenvalue weighted by Gasteiger charge is 2.14. The average Bonchev–Trinajstić information content (AvgIpc) is 2.51. The average molecular weight is 276 g/mol. The summed E-state index contributed by atoms with van der Waals surface area (Å²) in [4.78, 5) is 14.7. The summed E-state index contributed by atoms with van der Waals surface area (Å²) in [5.74, 6) is -0.00464. The molecular formula is C18H16N2O. The molecule has 1 aliphatic heterocycles. The number of hydrogen-bond acceptors (Lipinski definition) is 3. The van der Waals surface area contributed by atoms with Crippen LogP contribution in [0.5, 0.6) is 0 Å².